The molecule has 0 bridgehead atoms. The number of nitriles is 1. The van der Waals surface area contributed by atoms with Crippen molar-refractivity contribution in [2.45, 2.75) is 6.54 Å². The molecule has 96 valence electrons. The highest BCUT2D eigenvalue weighted by molar-refractivity contribution is 5.57. The summed E-state index contributed by atoms with van der Waals surface area (Å²) in [7, 11) is 0. The average molecular weight is 260 g/mol. The molecule has 0 fully saturated rings. The molecular weight excluding hydrogens is 250 g/mol. The Bertz CT molecular complexity index is 650. The maximum atomic E-state index is 13.1. The molecule has 0 aliphatic rings. The Balaban J connectivity index is 2.14. The molecule has 0 amide bonds. The van der Waals surface area contributed by atoms with Gasteiger partial charge in [-0.1, -0.05) is 6.07 Å². The zero-order chi connectivity index (χ0) is 13.8. The zero-order valence-electron chi connectivity index (χ0n) is 9.82. The highest BCUT2D eigenvalue weighted by atomic mass is 19.1. The van der Waals surface area contributed by atoms with Crippen LogP contribution in [-0.2, 0) is 6.54 Å². The number of anilines is 1. The number of benzene rings is 2. The average Bonchev–Trinajstić information content (AvgIpc) is 2.41. The number of nitrogens with zero attached hydrogens (tertiary/aromatic N) is 1. The molecule has 3 nitrogen and oxygen atoms in total. The second kappa shape index (κ2) is 5.36. The van der Waals surface area contributed by atoms with E-state index in [0.29, 0.717) is 11.3 Å². The molecule has 0 aromatic heterocycles. The Labute approximate surface area is 108 Å². The SMILES string of the molecule is N#Cc1cc(F)ccc1NCc1ccc(O)c(F)c1. The van der Waals surface area contributed by atoms with Gasteiger partial charge in [0.1, 0.15) is 11.9 Å². The monoisotopic (exact) mass is 260 g/mol. The summed E-state index contributed by atoms with van der Waals surface area (Å²) >= 11 is 0. The number of aromatic hydroxyl groups is 1. The molecule has 19 heavy (non-hydrogen) atoms. The van der Waals surface area contributed by atoms with Crippen LogP contribution in [0.5, 0.6) is 5.75 Å². The van der Waals surface area contributed by atoms with E-state index in [1.54, 1.807) is 6.07 Å². The van der Waals surface area contributed by atoms with Crippen LogP contribution in [0.15, 0.2) is 36.4 Å². The van der Waals surface area contributed by atoms with Crippen molar-refractivity contribution in [3.63, 3.8) is 0 Å². The van der Waals surface area contributed by atoms with Gasteiger partial charge in [0.05, 0.1) is 11.3 Å². The number of phenolic OH excluding ortho intramolecular Hbond substituents is 1. The van der Waals surface area contributed by atoms with E-state index in [9.17, 15) is 8.78 Å². The normalized spacial score (nSPS) is 9.95. The van der Waals surface area contributed by atoms with E-state index in [1.807, 2.05) is 6.07 Å². The summed E-state index contributed by atoms with van der Waals surface area (Å²) in [6.07, 6.45) is 0. The first-order valence-electron chi connectivity index (χ1n) is 5.51. The molecule has 0 radical (unpaired) electrons. The Morgan fingerprint density at radius 2 is 1.95 bits per heavy atom. The summed E-state index contributed by atoms with van der Waals surface area (Å²) in [4.78, 5) is 0. The highest BCUT2D eigenvalue weighted by Crippen LogP contribution is 2.19. The van der Waals surface area contributed by atoms with E-state index in [4.69, 9.17) is 10.4 Å². The molecule has 0 heterocycles. The minimum atomic E-state index is -0.709. The standard InChI is InChI=1S/C14H10F2N2O/c15-11-2-3-13(10(6-11)7-17)18-8-9-1-4-14(19)12(16)5-9/h1-6,18-19H,8H2. The van der Waals surface area contributed by atoms with E-state index in [2.05, 4.69) is 5.32 Å². The van der Waals surface area contributed by atoms with Crippen molar-refractivity contribution in [2.75, 3.05) is 5.32 Å². The highest BCUT2D eigenvalue weighted by Gasteiger charge is 2.05. The smallest absolute Gasteiger partial charge is 0.165 e. The summed E-state index contributed by atoms with van der Waals surface area (Å²) < 4.78 is 26.1. The maximum Gasteiger partial charge on any atom is 0.165 e. The third-order valence-corrected chi connectivity index (χ3v) is 2.60. The van der Waals surface area contributed by atoms with Crippen LogP contribution in [0.1, 0.15) is 11.1 Å². The molecule has 0 aliphatic carbocycles. The van der Waals surface area contributed by atoms with Crippen LogP contribution < -0.4 is 5.32 Å². The zero-order valence-corrected chi connectivity index (χ0v) is 9.82. The fourth-order valence-electron chi connectivity index (χ4n) is 1.62. The van der Waals surface area contributed by atoms with Crippen LogP contribution in [0.2, 0.25) is 0 Å². The van der Waals surface area contributed by atoms with Crippen molar-refractivity contribution in [2.24, 2.45) is 0 Å². The number of hydrogen-bond acceptors (Lipinski definition) is 3. The number of nitrogens with one attached hydrogen (secondary N) is 1. The Morgan fingerprint density at radius 3 is 2.63 bits per heavy atom. The molecule has 0 unspecified atom stereocenters. The fourth-order valence-corrected chi connectivity index (χ4v) is 1.62. The first-order valence-corrected chi connectivity index (χ1v) is 5.51. The molecule has 0 saturated carbocycles. The second-order valence-corrected chi connectivity index (χ2v) is 3.94. The first kappa shape index (κ1) is 12.8. The van der Waals surface area contributed by atoms with Crippen LogP contribution >= 0.6 is 0 Å². The van der Waals surface area contributed by atoms with Crippen molar-refractivity contribution in [1.29, 1.82) is 5.26 Å². The molecule has 2 aromatic carbocycles. The quantitative estimate of drug-likeness (QED) is 0.891. The molecule has 0 aliphatic heterocycles. The van der Waals surface area contributed by atoms with Gasteiger partial charge in [-0.2, -0.15) is 5.26 Å². The summed E-state index contributed by atoms with van der Waals surface area (Å²) in [6, 6.07) is 9.69. The predicted molar refractivity (Wildman–Crippen MR) is 66.5 cm³/mol. The van der Waals surface area contributed by atoms with Crippen molar-refractivity contribution < 1.29 is 13.9 Å². The van der Waals surface area contributed by atoms with Gasteiger partial charge in [0.2, 0.25) is 0 Å². The van der Waals surface area contributed by atoms with E-state index in [1.165, 1.54) is 24.3 Å². The lowest BCUT2D eigenvalue weighted by atomic mass is 10.1. The molecule has 0 atom stereocenters. The van der Waals surface area contributed by atoms with Crippen molar-refractivity contribution >= 4 is 5.69 Å². The summed E-state index contributed by atoms with van der Waals surface area (Å²) in [6.45, 7) is 0.261. The lowest BCUT2D eigenvalue weighted by molar-refractivity contribution is 0.432. The van der Waals surface area contributed by atoms with Crippen molar-refractivity contribution in [3.8, 4) is 11.8 Å². The third-order valence-electron chi connectivity index (χ3n) is 2.60. The maximum absolute atomic E-state index is 13.1. The van der Waals surface area contributed by atoms with Gasteiger partial charge >= 0.3 is 0 Å². The van der Waals surface area contributed by atoms with Crippen LogP contribution in [0.3, 0.4) is 0 Å². The molecule has 0 saturated heterocycles. The van der Waals surface area contributed by atoms with Gasteiger partial charge in [0, 0.05) is 6.54 Å². The van der Waals surface area contributed by atoms with Gasteiger partial charge in [-0.25, -0.2) is 8.78 Å². The summed E-state index contributed by atoms with van der Waals surface area (Å²) in [5.74, 6) is -1.61. The molecule has 2 rings (SSSR count). The number of halogens is 2. The van der Waals surface area contributed by atoms with E-state index < -0.39 is 17.4 Å². The number of hydrogen-bond donors (Lipinski definition) is 2. The predicted octanol–water partition coefficient (Wildman–Crippen LogP) is 3.15. The second-order valence-electron chi connectivity index (χ2n) is 3.94. The van der Waals surface area contributed by atoms with Crippen LogP contribution in [0.25, 0.3) is 0 Å². The van der Waals surface area contributed by atoms with Crippen LogP contribution in [0.4, 0.5) is 14.5 Å². The van der Waals surface area contributed by atoms with Gasteiger partial charge in [-0.15, -0.1) is 0 Å². The van der Waals surface area contributed by atoms with E-state index in [0.717, 1.165) is 6.07 Å². The van der Waals surface area contributed by atoms with Crippen molar-refractivity contribution in [3.05, 3.63) is 59.2 Å². The van der Waals surface area contributed by atoms with Gasteiger partial charge in [-0.3, -0.25) is 0 Å². The first-order chi connectivity index (χ1) is 9.10. The minimum absolute atomic E-state index is 0.180. The molecular formula is C14H10F2N2O. The fraction of sp³-hybridized carbons (Fsp3) is 0.0714. The Hall–Kier alpha value is -2.61. The van der Waals surface area contributed by atoms with Gasteiger partial charge in [0.15, 0.2) is 11.6 Å². The van der Waals surface area contributed by atoms with Gasteiger partial charge < -0.3 is 10.4 Å². The van der Waals surface area contributed by atoms with Gasteiger partial charge in [0.25, 0.3) is 0 Å². The lowest BCUT2D eigenvalue weighted by Gasteiger charge is -2.08. The summed E-state index contributed by atoms with van der Waals surface area (Å²) in [5.41, 5.74) is 1.25. The summed E-state index contributed by atoms with van der Waals surface area (Å²) in [5, 5.41) is 20.8. The Morgan fingerprint density at radius 1 is 1.16 bits per heavy atom. The van der Waals surface area contributed by atoms with E-state index in [-0.39, 0.29) is 12.1 Å². The Kier molecular flexibility index (Phi) is 3.62. The number of phenols is 1. The molecule has 0 spiro atoms. The molecule has 5 heteroatoms. The third kappa shape index (κ3) is 2.99. The minimum Gasteiger partial charge on any atom is -0.505 e. The lowest BCUT2D eigenvalue weighted by Crippen LogP contribution is -2.02. The molecule has 2 N–H and O–H groups in total. The van der Waals surface area contributed by atoms with Crippen LogP contribution in [0, 0.1) is 23.0 Å². The topological polar surface area (TPSA) is 56.0 Å². The molecule has 2 aromatic rings. The van der Waals surface area contributed by atoms with E-state index >= 15 is 0 Å². The van der Waals surface area contributed by atoms with Crippen LogP contribution in [-0.4, -0.2) is 5.11 Å². The number of rotatable bonds is 3. The largest absolute Gasteiger partial charge is 0.505 e. The van der Waals surface area contributed by atoms with Crippen molar-refractivity contribution in [1.82, 2.24) is 0 Å². The van der Waals surface area contributed by atoms with Gasteiger partial charge in [-0.05, 0) is 35.9 Å².